The summed E-state index contributed by atoms with van der Waals surface area (Å²) in [5.74, 6) is -0.183. The van der Waals surface area contributed by atoms with Gasteiger partial charge in [0, 0.05) is 46.6 Å². The van der Waals surface area contributed by atoms with E-state index in [4.69, 9.17) is 22.1 Å². The zero-order chi connectivity index (χ0) is 32.2. The molecule has 11 nitrogen and oxygen atoms in total. The van der Waals surface area contributed by atoms with E-state index in [1.807, 2.05) is 88.9 Å². The summed E-state index contributed by atoms with van der Waals surface area (Å²) in [6, 6.07) is 12.5. The van der Waals surface area contributed by atoms with E-state index in [9.17, 15) is 14.4 Å². The third kappa shape index (κ3) is 8.67. The van der Waals surface area contributed by atoms with Crippen LogP contribution in [0.4, 0.5) is 5.82 Å². The number of halogens is 1. The van der Waals surface area contributed by atoms with Gasteiger partial charge in [-0.3, -0.25) is 14.5 Å². The van der Waals surface area contributed by atoms with Crippen LogP contribution in [0.25, 0.3) is 21.8 Å². The largest absolute Gasteiger partial charge is 0.462 e. The van der Waals surface area contributed by atoms with Crippen molar-refractivity contribution < 1.29 is 23.9 Å². The second kappa shape index (κ2) is 13.2. The van der Waals surface area contributed by atoms with E-state index < -0.39 is 17.6 Å². The molecule has 234 valence electrons. The predicted molar refractivity (Wildman–Crippen MR) is 170 cm³/mol. The van der Waals surface area contributed by atoms with Crippen molar-refractivity contribution in [3.8, 4) is 0 Å². The predicted octanol–water partition coefficient (Wildman–Crippen LogP) is 4.86. The number of anilines is 1. The minimum Gasteiger partial charge on any atom is -0.462 e. The van der Waals surface area contributed by atoms with Gasteiger partial charge in [0.15, 0.2) is 0 Å². The maximum Gasteiger partial charge on any atom is 0.330 e. The van der Waals surface area contributed by atoms with Crippen LogP contribution in [0.15, 0.2) is 48.8 Å². The molecule has 1 amide bonds. The summed E-state index contributed by atoms with van der Waals surface area (Å²) in [4.78, 5) is 51.6. The van der Waals surface area contributed by atoms with Crippen molar-refractivity contribution >= 4 is 57.6 Å². The van der Waals surface area contributed by atoms with Gasteiger partial charge in [0.05, 0.1) is 12.1 Å². The van der Waals surface area contributed by atoms with Crippen molar-refractivity contribution in [1.82, 2.24) is 24.8 Å². The molecule has 1 aliphatic heterocycles. The van der Waals surface area contributed by atoms with Crippen molar-refractivity contribution in [3.63, 3.8) is 0 Å². The number of H-pyrrole nitrogens is 1. The van der Waals surface area contributed by atoms with Gasteiger partial charge in [0.2, 0.25) is 5.91 Å². The SMILES string of the molecule is CC(C)(C)OC(=O)[C@@H]1CN(Cc2cc3cc(Cl)ccc3[nH]2)CC(=O)N1Cc1ccc2c(N)ncnc2c1.CC(C)(C)OC=O. The molecule has 0 spiro atoms. The lowest BCUT2D eigenvalue weighted by molar-refractivity contribution is -0.169. The molecule has 0 aliphatic carbocycles. The summed E-state index contributed by atoms with van der Waals surface area (Å²) < 4.78 is 10.3. The minimum absolute atomic E-state index is 0.149. The third-order valence-corrected chi connectivity index (χ3v) is 6.92. The maximum absolute atomic E-state index is 13.4. The Morgan fingerprint density at radius 3 is 2.48 bits per heavy atom. The lowest BCUT2D eigenvalue weighted by atomic mass is 10.1. The van der Waals surface area contributed by atoms with E-state index in [-0.39, 0.29) is 24.6 Å². The number of nitrogens with zero attached hydrogens (tertiary/aromatic N) is 4. The number of carbonyl (C=O) groups excluding carboxylic acids is 3. The summed E-state index contributed by atoms with van der Waals surface area (Å²) in [6.07, 6.45) is 1.41. The first-order valence-corrected chi connectivity index (χ1v) is 14.6. The third-order valence-electron chi connectivity index (χ3n) is 6.68. The van der Waals surface area contributed by atoms with E-state index in [2.05, 4.69) is 19.7 Å². The van der Waals surface area contributed by atoms with Crippen LogP contribution < -0.4 is 5.73 Å². The highest BCUT2D eigenvalue weighted by Crippen LogP contribution is 2.25. The second-order valence-electron chi connectivity index (χ2n) is 12.7. The molecule has 4 aromatic rings. The zero-order valence-corrected chi connectivity index (χ0v) is 26.6. The molecule has 0 bridgehead atoms. The molecule has 1 atom stereocenters. The van der Waals surface area contributed by atoms with Gasteiger partial charge >= 0.3 is 5.97 Å². The fraction of sp³-hybridized carbons (Fsp3) is 0.406. The van der Waals surface area contributed by atoms with E-state index >= 15 is 0 Å². The first kappa shape index (κ1) is 32.7. The normalized spacial score (nSPS) is 16.0. The monoisotopic (exact) mass is 622 g/mol. The van der Waals surface area contributed by atoms with Gasteiger partial charge < -0.3 is 25.1 Å². The number of esters is 1. The van der Waals surface area contributed by atoms with Crippen molar-refractivity contribution in [2.45, 2.75) is 71.9 Å². The summed E-state index contributed by atoms with van der Waals surface area (Å²) in [6.45, 7) is 12.6. The Balaban J connectivity index is 0.000000566. The lowest BCUT2D eigenvalue weighted by Gasteiger charge is -2.40. The van der Waals surface area contributed by atoms with Crippen LogP contribution in [0.5, 0.6) is 0 Å². The number of fused-ring (bicyclic) bond motifs is 2. The Labute approximate surface area is 261 Å². The maximum atomic E-state index is 13.4. The molecule has 1 fully saturated rings. The number of nitrogen functional groups attached to an aromatic ring is 1. The number of hydrogen-bond acceptors (Lipinski definition) is 9. The Morgan fingerprint density at radius 2 is 1.82 bits per heavy atom. The fourth-order valence-electron chi connectivity index (χ4n) is 4.81. The number of nitrogens with two attached hydrogens (primary N) is 1. The minimum atomic E-state index is -0.759. The van der Waals surface area contributed by atoms with Gasteiger partial charge in [-0.1, -0.05) is 17.7 Å². The quantitative estimate of drug-likeness (QED) is 0.227. The molecule has 12 heteroatoms. The molecule has 1 aliphatic rings. The van der Waals surface area contributed by atoms with E-state index in [0.29, 0.717) is 35.9 Å². The fourth-order valence-corrected chi connectivity index (χ4v) is 4.99. The van der Waals surface area contributed by atoms with E-state index in [0.717, 1.165) is 27.5 Å². The number of aromatic nitrogens is 3. The number of ether oxygens (including phenoxy) is 2. The van der Waals surface area contributed by atoms with Crippen LogP contribution in [-0.4, -0.2) is 73.4 Å². The first-order chi connectivity index (χ1) is 20.6. The molecule has 3 heterocycles. The number of piperazine rings is 1. The van der Waals surface area contributed by atoms with Gasteiger partial charge in [0.25, 0.3) is 6.47 Å². The van der Waals surface area contributed by atoms with Crippen LogP contribution in [-0.2, 0) is 36.9 Å². The highest BCUT2D eigenvalue weighted by molar-refractivity contribution is 6.31. The van der Waals surface area contributed by atoms with Crippen molar-refractivity contribution in [1.29, 1.82) is 0 Å². The Kier molecular flexibility index (Phi) is 9.80. The van der Waals surface area contributed by atoms with Crippen LogP contribution in [0, 0.1) is 0 Å². The summed E-state index contributed by atoms with van der Waals surface area (Å²) in [7, 11) is 0. The number of aromatic amines is 1. The molecule has 3 N–H and O–H groups in total. The molecule has 2 aromatic heterocycles. The number of amides is 1. The summed E-state index contributed by atoms with van der Waals surface area (Å²) in [5.41, 5.74) is 8.39. The molecular formula is C32H39ClN6O5. The first-order valence-electron chi connectivity index (χ1n) is 14.2. The van der Waals surface area contributed by atoms with Gasteiger partial charge in [-0.25, -0.2) is 14.8 Å². The molecule has 0 saturated carbocycles. The molecule has 0 radical (unpaired) electrons. The summed E-state index contributed by atoms with van der Waals surface area (Å²) in [5, 5.41) is 2.40. The Morgan fingerprint density at radius 1 is 1.07 bits per heavy atom. The van der Waals surface area contributed by atoms with Gasteiger partial charge in [0.1, 0.15) is 29.4 Å². The molecule has 2 aromatic carbocycles. The number of carbonyl (C=O) groups is 3. The van der Waals surface area contributed by atoms with Crippen LogP contribution >= 0.6 is 11.6 Å². The molecule has 5 rings (SSSR count). The van der Waals surface area contributed by atoms with Crippen LogP contribution in [0.1, 0.15) is 52.8 Å². The number of nitrogens with one attached hydrogen (secondary N) is 1. The van der Waals surface area contributed by atoms with E-state index in [1.165, 1.54) is 6.33 Å². The van der Waals surface area contributed by atoms with Crippen LogP contribution in [0.2, 0.25) is 5.02 Å². The zero-order valence-electron chi connectivity index (χ0n) is 25.9. The van der Waals surface area contributed by atoms with Crippen molar-refractivity contribution in [2.24, 2.45) is 0 Å². The highest BCUT2D eigenvalue weighted by Gasteiger charge is 2.39. The van der Waals surface area contributed by atoms with Crippen molar-refractivity contribution in [3.05, 3.63) is 65.1 Å². The number of hydrogen-bond donors (Lipinski definition) is 2. The standard InChI is InChI=1S/C27H29ClN6O3.C5H10O2/c1-27(2,3)37-26(36)23-13-33(12-19-10-17-9-18(28)5-7-21(17)32-19)14-24(35)34(23)11-16-4-6-20-22(8-16)30-15-31-25(20)29;1-5(2,3)7-4-6/h4-10,15,23,32H,11-14H2,1-3H3,(H2,29,30,31);4H,1-3H3/t23-;/m0./s1. The summed E-state index contributed by atoms with van der Waals surface area (Å²) >= 11 is 6.13. The van der Waals surface area contributed by atoms with Gasteiger partial charge in [-0.2, -0.15) is 0 Å². The highest BCUT2D eigenvalue weighted by atomic mass is 35.5. The van der Waals surface area contributed by atoms with Crippen LogP contribution in [0.3, 0.4) is 0 Å². The molecular weight excluding hydrogens is 584 g/mol. The molecule has 1 saturated heterocycles. The lowest BCUT2D eigenvalue weighted by Crippen LogP contribution is -2.59. The number of rotatable bonds is 6. The average Bonchev–Trinajstić information content (AvgIpc) is 3.30. The molecule has 0 unspecified atom stereocenters. The average molecular weight is 623 g/mol. The Hall–Kier alpha value is -4.22. The van der Waals surface area contributed by atoms with Crippen molar-refractivity contribution in [2.75, 3.05) is 18.8 Å². The second-order valence-corrected chi connectivity index (χ2v) is 13.1. The Bertz CT molecular complexity index is 1660. The van der Waals surface area contributed by atoms with Gasteiger partial charge in [-0.05, 0) is 83.5 Å². The van der Waals surface area contributed by atoms with Gasteiger partial charge in [-0.15, -0.1) is 0 Å². The topological polar surface area (TPSA) is 144 Å². The molecule has 44 heavy (non-hydrogen) atoms. The smallest absolute Gasteiger partial charge is 0.330 e. The number of benzene rings is 2. The van der Waals surface area contributed by atoms with E-state index in [1.54, 1.807) is 4.90 Å².